The summed E-state index contributed by atoms with van der Waals surface area (Å²) < 4.78 is 54.1. The Kier molecular flexibility index (Phi) is 37.3. The predicted octanol–water partition coefficient (Wildman–Crippen LogP) is 10.7. The smallest absolute Gasteiger partial charge is 0.306 e. The fourth-order valence-electron chi connectivity index (χ4n) is 6.93. The van der Waals surface area contributed by atoms with Crippen molar-refractivity contribution in [2.75, 3.05) is 19.0 Å². The molecular weight excluding hydrogens is 837 g/mol. The first kappa shape index (κ1) is 59.1. The van der Waals surface area contributed by atoms with Crippen LogP contribution in [0.5, 0.6) is 0 Å². The maximum atomic E-state index is 12.9. The average molecular weight is 923 g/mol. The van der Waals surface area contributed by atoms with Gasteiger partial charge in [0.25, 0.3) is 10.1 Å². The number of carbonyl (C=O) groups is 2. The van der Waals surface area contributed by atoms with Gasteiger partial charge in [0.15, 0.2) is 12.4 Å². The summed E-state index contributed by atoms with van der Waals surface area (Å²) in [6, 6.07) is 0. The third-order valence-electron chi connectivity index (χ3n) is 10.8. The quantitative estimate of drug-likeness (QED) is 0.0198. The van der Waals surface area contributed by atoms with Gasteiger partial charge in [-0.15, -0.1) is 0 Å². The van der Waals surface area contributed by atoms with Crippen molar-refractivity contribution in [2.45, 2.75) is 218 Å². The first-order valence-corrected chi connectivity index (χ1v) is 26.1. The molecule has 0 saturated carbocycles. The number of allylic oxidation sites excluding steroid dienone is 12. The number of esters is 2. The fraction of sp³-hybridized carbons (Fsp3) is 0.725. The second kappa shape index (κ2) is 40.4. The summed E-state index contributed by atoms with van der Waals surface area (Å²) in [4.78, 5) is 25.5. The van der Waals surface area contributed by atoms with E-state index in [1.54, 1.807) is 0 Å². The Morgan fingerprint density at radius 2 is 0.953 bits per heavy atom. The first-order chi connectivity index (χ1) is 31.0. The zero-order chi connectivity index (χ0) is 46.9. The van der Waals surface area contributed by atoms with E-state index in [1.807, 2.05) is 12.2 Å². The van der Waals surface area contributed by atoms with Gasteiger partial charge in [0.2, 0.25) is 0 Å². The van der Waals surface area contributed by atoms with E-state index < -0.39 is 71.2 Å². The van der Waals surface area contributed by atoms with Gasteiger partial charge in [-0.2, -0.15) is 8.42 Å². The molecule has 6 atom stereocenters. The Bertz CT molecular complexity index is 1450. The molecule has 13 heteroatoms. The van der Waals surface area contributed by atoms with Crippen LogP contribution in [0.25, 0.3) is 0 Å². The molecule has 1 rings (SSSR count). The van der Waals surface area contributed by atoms with Crippen molar-refractivity contribution in [3.05, 3.63) is 72.9 Å². The minimum absolute atomic E-state index is 0.139. The Balaban J connectivity index is 2.45. The molecule has 0 aliphatic carbocycles. The van der Waals surface area contributed by atoms with Crippen molar-refractivity contribution in [1.29, 1.82) is 0 Å². The van der Waals surface area contributed by atoms with Gasteiger partial charge >= 0.3 is 11.9 Å². The molecular formula is C51H86O12S. The highest BCUT2D eigenvalue weighted by atomic mass is 32.2. The number of aliphatic hydroxyl groups excluding tert-OH is 3. The summed E-state index contributed by atoms with van der Waals surface area (Å²) in [6.45, 7) is 3.66. The molecule has 0 radical (unpaired) electrons. The van der Waals surface area contributed by atoms with E-state index >= 15 is 0 Å². The van der Waals surface area contributed by atoms with Crippen LogP contribution in [0.1, 0.15) is 181 Å². The molecule has 0 aromatic rings. The molecule has 368 valence electrons. The van der Waals surface area contributed by atoms with Crippen LogP contribution in [0.15, 0.2) is 72.9 Å². The third-order valence-corrected chi connectivity index (χ3v) is 11.5. The lowest BCUT2D eigenvalue weighted by Crippen LogP contribution is -2.60. The lowest BCUT2D eigenvalue weighted by Gasteiger charge is -2.40. The number of hydrogen-bond acceptors (Lipinski definition) is 11. The zero-order valence-corrected chi connectivity index (χ0v) is 40.2. The highest BCUT2D eigenvalue weighted by molar-refractivity contribution is 7.85. The summed E-state index contributed by atoms with van der Waals surface area (Å²) in [7, 11) is -4.61. The molecule has 1 aliphatic rings. The van der Waals surface area contributed by atoms with E-state index in [4.69, 9.17) is 18.9 Å². The first-order valence-electron chi connectivity index (χ1n) is 24.5. The second-order valence-corrected chi connectivity index (χ2v) is 18.3. The van der Waals surface area contributed by atoms with E-state index in [0.29, 0.717) is 19.3 Å². The van der Waals surface area contributed by atoms with Crippen LogP contribution in [-0.2, 0) is 38.7 Å². The topological polar surface area (TPSA) is 186 Å². The largest absolute Gasteiger partial charge is 0.462 e. The highest BCUT2D eigenvalue weighted by Crippen LogP contribution is 2.24. The van der Waals surface area contributed by atoms with Gasteiger partial charge in [-0.1, -0.05) is 157 Å². The Morgan fingerprint density at radius 1 is 0.531 bits per heavy atom. The molecule has 12 nitrogen and oxygen atoms in total. The van der Waals surface area contributed by atoms with Crippen molar-refractivity contribution in [2.24, 2.45) is 0 Å². The molecule has 2 unspecified atom stereocenters. The Morgan fingerprint density at radius 3 is 1.44 bits per heavy atom. The molecule has 64 heavy (non-hydrogen) atoms. The molecule has 1 fully saturated rings. The molecule has 1 aliphatic heterocycles. The maximum Gasteiger partial charge on any atom is 0.306 e. The molecule has 0 bridgehead atoms. The van der Waals surface area contributed by atoms with Crippen LogP contribution in [0.4, 0.5) is 0 Å². The number of unbranched alkanes of at least 4 members (excludes halogenated alkanes) is 16. The Labute approximate surface area is 387 Å². The van der Waals surface area contributed by atoms with Crippen LogP contribution in [-0.4, -0.2) is 96.0 Å². The van der Waals surface area contributed by atoms with Crippen LogP contribution >= 0.6 is 0 Å². The number of aliphatic hydroxyl groups is 3. The lowest BCUT2D eigenvalue weighted by molar-refractivity contribution is -0.297. The Hall–Kier alpha value is -2.91. The van der Waals surface area contributed by atoms with Crippen molar-refractivity contribution in [1.82, 2.24) is 0 Å². The van der Waals surface area contributed by atoms with E-state index in [1.165, 1.54) is 70.6 Å². The minimum Gasteiger partial charge on any atom is -0.462 e. The van der Waals surface area contributed by atoms with E-state index in [0.717, 1.165) is 64.2 Å². The van der Waals surface area contributed by atoms with E-state index in [-0.39, 0.29) is 19.4 Å². The van der Waals surface area contributed by atoms with Crippen molar-refractivity contribution < 1.29 is 56.8 Å². The molecule has 0 aromatic heterocycles. The van der Waals surface area contributed by atoms with Gasteiger partial charge in [-0.05, 0) is 83.5 Å². The van der Waals surface area contributed by atoms with Crippen LogP contribution in [0, 0.1) is 0 Å². The summed E-state index contributed by atoms with van der Waals surface area (Å²) >= 11 is 0. The van der Waals surface area contributed by atoms with E-state index in [9.17, 15) is 37.9 Å². The highest BCUT2D eigenvalue weighted by Gasteiger charge is 2.46. The zero-order valence-electron chi connectivity index (χ0n) is 39.4. The summed E-state index contributed by atoms with van der Waals surface area (Å²) in [5.41, 5.74) is 0. The van der Waals surface area contributed by atoms with Crippen molar-refractivity contribution >= 4 is 22.1 Å². The van der Waals surface area contributed by atoms with Gasteiger partial charge in [-0.25, -0.2) is 0 Å². The molecule has 0 spiro atoms. The molecule has 4 N–H and O–H groups in total. The van der Waals surface area contributed by atoms with Gasteiger partial charge in [0, 0.05) is 12.8 Å². The van der Waals surface area contributed by atoms with Crippen LogP contribution < -0.4 is 0 Å². The molecule has 0 amide bonds. The van der Waals surface area contributed by atoms with Gasteiger partial charge < -0.3 is 34.3 Å². The maximum absolute atomic E-state index is 12.9. The van der Waals surface area contributed by atoms with Gasteiger partial charge in [0.1, 0.15) is 36.8 Å². The molecule has 0 aromatic carbocycles. The molecule has 1 heterocycles. The average Bonchev–Trinajstić information content (AvgIpc) is 3.26. The fourth-order valence-corrected chi connectivity index (χ4v) is 7.62. The standard InChI is InChI=1S/C51H86O12S/c1-3-5-7-9-11-13-15-17-19-21-22-24-26-28-30-32-34-36-38-40-47(53)62-44(42-61-51-50(56)49(55)48(54)45(63-51)43-64(57,58)59)41-60-46(52)39-37-35-33-31-29-27-25-23-20-18-16-14-12-10-8-6-4-2/h11-14,17-20,25,27,31,33,44-45,48-51,54-56H,3-10,15-16,21-24,26,28-30,32,34-43H2,1-2H3,(H,57,58,59)/b13-11+,14-12+,19-17+,20-18+,27-25+,33-31+/t44-,45-,48-,49?,50?,51+/m1/s1. The van der Waals surface area contributed by atoms with Crippen LogP contribution in [0.3, 0.4) is 0 Å². The number of ether oxygens (including phenoxy) is 4. The lowest BCUT2D eigenvalue weighted by atomic mass is 10.00. The number of hydrogen-bond donors (Lipinski definition) is 4. The van der Waals surface area contributed by atoms with Gasteiger partial charge in [0.05, 0.1) is 6.61 Å². The van der Waals surface area contributed by atoms with E-state index in [2.05, 4.69) is 74.6 Å². The SMILES string of the molecule is CCCCC/C=C/C/C=C/C/C=C/C/C=C/CCCC(=O)OC[C@H](CO[C@H]1O[C@H](CS(=O)(=O)O)[C@@H](O)C(O)C1O)OC(=O)CCCCCCCCCCC/C=C/C/C=C/CCCCC. The second-order valence-electron chi connectivity index (χ2n) is 16.8. The normalized spacial score (nSPS) is 20.2. The minimum atomic E-state index is -4.61. The predicted molar refractivity (Wildman–Crippen MR) is 256 cm³/mol. The summed E-state index contributed by atoms with van der Waals surface area (Å²) in [5.74, 6) is -2.07. The van der Waals surface area contributed by atoms with Crippen LogP contribution in [0.2, 0.25) is 0 Å². The monoisotopic (exact) mass is 923 g/mol. The third kappa shape index (κ3) is 34.4. The van der Waals surface area contributed by atoms with Crippen molar-refractivity contribution in [3.8, 4) is 0 Å². The number of rotatable bonds is 40. The molecule has 1 saturated heterocycles. The number of carbonyl (C=O) groups excluding carboxylic acids is 2. The summed E-state index contributed by atoms with van der Waals surface area (Å²) in [6.07, 6.45) is 42.3. The van der Waals surface area contributed by atoms with Crippen molar-refractivity contribution in [3.63, 3.8) is 0 Å². The van der Waals surface area contributed by atoms with Gasteiger partial charge in [-0.3, -0.25) is 14.1 Å². The summed E-state index contributed by atoms with van der Waals surface area (Å²) in [5, 5.41) is 30.9.